The van der Waals surface area contributed by atoms with Crippen molar-refractivity contribution in [3.63, 3.8) is 0 Å². The molecule has 1 saturated carbocycles. The third-order valence-corrected chi connectivity index (χ3v) is 2.10. The van der Waals surface area contributed by atoms with Gasteiger partial charge in [0.1, 0.15) is 36.6 Å². The molecule has 80 valence electrons. The molecule has 0 spiro atoms. The fraction of sp³-hybridized carbons (Fsp3) is 1.00. The molecule has 0 aromatic heterocycles. The molecule has 0 unspecified atom stereocenters. The standard InChI is InChI=1S/C6H12O6.H2Se/c7-1-2(8)4(10)6(12)5(11)3(1)9;/h1-12H;1H2/t1-,2-,3-,4+,5-,6-;. The Morgan fingerprint density at radius 3 is 0.538 bits per heavy atom. The summed E-state index contributed by atoms with van der Waals surface area (Å²) >= 11 is 0. The van der Waals surface area contributed by atoms with Gasteiger partial charge in [-0.25, -0.2) is 0 Å². The van der Waals surface area contributed by atoms with Gasteiger partial charge in [-0.2, -0.15) is 0 Å². The van der Waals surface area contributed by atoms with Crippen LogP contribution < -0.4 is 0 Å². The van der Waals surface area contributed by atoms with Gasteiger partial charge in [0.25, 0.3) is 0 Å². The molecule has 6 nitrogen and oxygen atoms in total. The third kappa shape index (κ3) is 2.20. The minimum atomic E-state index is -1.64. The number of aliphatic hydroxyl groups is 6. The number of aliphatic hydroxyl groups excluding tert-OH is 6. The van der Waals surface area contributed by atoms with Crippen molar-refractivity contribution in [2.45, 2.75) is 36.6 Å². The fourth-order valence-electron chi connectivity index (χ4n) is 1.21. The average molecular weight is 261 g/mol. The number of rotatable bonds is 0. The minimum absolute atomic E-state index is 0. The van der Waals surface area contributed by atoms with Crippen molar-refractivity contribution < 1.29 is 30.6 Å². The van der Waals surface area contributed by atoms with Gasteiger partial charge in [-0.3, -0.25) is 0 Å². The molecule has 0 aliphatic heterocycles. The summed E-state index contributed by atoms with van der Waals surface area (Å²) in [6.45, 7) is 0. The second-order valence-corrected chi connectivity index (χ2v) is 2.94. The van der Waals surface area contributed by atoms with E-state index in [-0.39, 0.29) is 17.1 Å². The Hall–Kier alpha value is 0.279. The molecule has 1 aliphatic rings. The second kappa shape index (κ2) is 4.68. The van der Waals surface area contributed by atoms with E-state index in [1.165, 1.54) is 0 Å². The van der Waals surface area contributed by atoms with Crippen molar-refractivity contribution in [2.75, 3.05) is 0 Å². The van der Waals surface area contributed by atoms with Crippen LogP contribution >= 0.6 is 0 Å². The van der Waals surface area contributed by atoms with Crippen LogP contribution in [0.4, 0.5) is 0 Å². The fourth-order valence-corrected chi connectivity index (χ4v) is 1.21. The summed E-state index contributed by atoms with van der Waals surface area (Å²) in [7, 11) is 0. The van der Waals surface area contributed by atoms with Gasteiger partial charge in [-0.05, 0) is 0 Å². The van der Waals surface area contributed by atoms with E-state index in [9.17, 15) is 0 Å². The van der Waals surface area contributed by atoms with Gasteiger partial charge < -0.3 is 30.6 Å². The first-order valence-electron chi connectivity index (χ1n) is 3.55. The Morgan fingerprint density at radius 2 is 0.462 bits per heavy atom. The second-order valence-electron chi connectivity index (χ2n) is 2.94. The van der Waals surface area contributed by atoms with Crippen molar-refractivity contribution in [1.29, 1.82) is 0 Å². The first kappa shape index (κ1) is 13.3. The molecule has 0 bridgehead atoms. The molecule has 1 aliphatic carbocycles. The quantitative estimate of drug-likeness (QED) is 0.244. The number of hydrogen-bond donors (Lipinski definition) is 6. The van der Waals surface area contributed by atoms with Crippen molar-refractivity contribution in [1.82, 2.24) is 0 Å². The van der Waals surface area contributed by atoms with Crippen LogP contribution in [-0.2, 0) is 0 Å². The summed E-state index contributed by atoms with van der Waals surface area (Å²) in [6.07, 6.45) is -9.84. The maximum atomic E-state index is 8.97. The van der Waals surface area contributed by atoms with E-state index in [0.717, 1.165) is 0 Å². The molecule has 0 amide bonds. The molecule has 0 saturated heterocycles. The Bertz CT molecular complexity index is 109. The molecule has 0 aromatic carbocycles. The van der Waals surface area contributed by atoms with Gasteiger partial charge in [-0.1, -0.05) is 0 Å². The predicted molar refractivity (Wildman–Crippen MR) is 44.6 cm³/mol. The maximum absolute atomic E-state index is 8.97. The average Bonchev–Trinajstić information content (AvgIpc) is 2.08. The van der Waals surface area contributed by atoms with Crippen LogP contribution in [0.2, 0.25) is 0 Å². The van der Waals surface area contributed by atoms with Gasteiger partial charge >= 0.3 is 17.1 Å². The van der Waals surface area contributed by atoms with Crippen LogP contribution in [0.1, 0.15) is 0 Å². The molecular formula is C6H14O6Se. The third-order valence-electron chi connectivity index (χ3n) is 2.10. The van der Waals surface area contributed by atoms with E-state index in [4.69, 9.17) is 30.6 Å². The van der Waals surface area contributed by atoms with Crippen LogP contribution in [0.5, 0.6) is 0 Å². The van der Waals surface area contributed by atoms with Crippen molar-refractivity contribution >= 4 is 17.1 Å². The molecule has 13 heavy (non-hydrogen) atoms. The molecule has 0 aromatic rings. The van der Waals surface area contributed by atoms with E-state index < -0.39 is 36.6 Å². The first-order chi connectivity index (χ1) is 5.46. The topological polar surface area (TPSA) is 121 Å². The van der Waals surface area contributed by atoms with Gasteiger partial charge in [0.2, 0.25) is 0 Å². The summed E-state index contributed by atoms with van der Waals surface area (Å²) in [5, 5.41) is 53.8. The van der Waals surface area contributed by atoms with Crippen LogP contribution in [0, 0.1) is 0 Å². The summed E-state index contributed by atoms with van der Waals surface area (Å²) in [5.41, 5.74) is 0. The van der Waals surface area contributed by atoms with Gasteiger partial charge in [0.15, 0.2) is 0 Å². The molecule has 7 heteroatoms. The van der Waals surface area contributed by atoms with Gasteiger partial charge in [0.05, 0.1) is 0 Å². The zero-order valence-corrected chi connectivity index (χ0v) is 8.75. The normalized spacial score (nSPS) is 51.2. The van der Waals surface area contributed by atoms with Crippen LogP contribution in [0.15, 0.2) is 0 Å². The summed E-state index contributed by atoms with van der Waals surface area (Å²) in [5.74, 6) is 0. The van der Waals surface area contributed by atoms with Crippen LogP contribution in [0.3, 0.4) is 0 Å². The molecule has 0 heterocycles. The summed E-state index contributed by atoms with van der Waals surface area (Å²) in [6, 6.07) is 0. The van der Waals surface area contributed by atoms with Crippen molar-refractivity contribution in [3.05, 3.63) is 0 Å². The van der Waals surface area contributed by atoms with Crippen molar-refractivity contribution in [3.8, 4) is 0 Å². The molecule has 0 radical (unpaired) electrons. The summed E-state index contributed by atoms with van der Waals surface area (Å²) < 4.78 is 0. The molecule has 0 atom stereocenters. The predicted octanol–water partition coefficient (Wildman–Crippen LogP) is -4.75. The van der Waals surface area contributed by atoms with Crippen LogP contribution in [-0.4, -0.2) is 84.3 Å². The Kier molecular flexibility index (Phi) is 4.78. The van der Waals surface area contributed by atoms with Crippen molar-refractivity contribution in [2.24, 2.45) is 0 Å². The van der Waals surface area contributed by atoms with E-state index in [2.05, 4.69) is 0 Å². The Morgan fingerprint density at radius 1 is 0.385 bits per heavy atom. The molecule has 6 N–H and O–H groups in total. The SMILES string of the molecule is O[C@H]1[C@H](O)[C@@H](O)[C@H](O)[C@@H](O)[C@H]1O.[SeH2]. The monoisotopic (exact) mass is 262 g/mol. The van der Waals surface area contributed by atoms with Crippen LogP contribution in [0.25, 0.3) is 0 Å². The zero-order chi connectivity index (χ0) is 9.46. The molecular weight excluding hydrogens is 247 g/mol. The Labute approximate surface area is 84.9 Å². The van der Waals surface area contributed by atoms with Gasteiger partial charge in [0, 0.05) is 0 Å². The molecule has 1 rings (SSSR count). The van der Waals surface area contributed by atoms with Gasteiger partial charge in [-0.15, -0.1) is 0 Å². The summed E-state index contributed by atoms with van der Waals surface area (Å²) in [4.78, 5) is 0. The zero-order valence-electron chi connectivity index (χ0n) is 6.65. The van der Waals surface area contributed by atoms with E-state index in [1.54, 1.807) is 0 Å². The number of hydrogen-bond acceptors (Lipinski definition) is 6. The van der Waals surface area contributed by atoms with E-state index in [1.807, 2.05) is 0 Å². The van der Waals surface area contributed by atoms with E-state index in [0.29, 0.717) is 0 Å². The Balaban J connectivity index is 0.00000144. The first-order valence-corrected chi connectivity index (χ1v) is 3.55. The molecule has 1 fully saturated rings. The van der Waals surface area contributed by atoms with E-state index >= 15 is 0 Å².